The summed E-state index contributed by atoms with van der Waals surface area (Å²) >= 11 is 0. The Kier molecular flexibility index (Phi) is 4.38. The Labute approximate surface area is 349 Å². The molecule has 3 aromatic heterocycles. The van der Waals surface area contributed by atoms with E-state index in [1.807, 2.05) is 36.4 Å². The summed E-state index contributed by atoms with van der Waals surface area (Å²) in [5.74, 6) is 0. The second-order valence-corrected chi connectivity index (χ2v) is 13.0. The molecule has 0 spiro atoms. The number of furan rings is 1. The third-order valence-electron chi connectivity index (χ3n) is 9.78. The van der Waals surface area contributed by atoms with Crippen LogP contribution in [0.4, 0.5) is 0 Å². The minimum absolute atomic E-state index is 0.131. The van der Waals surface area contributed by atoms with E-state index in [1.165, 1.54) is 12.1 Å². The van der Waals surface area contributed by atoms with Crippen LogP contribution in [0, 0.1) is 0 Å². The van der Waals surface area contributed by atoms with Crippen molar-refractivity contribution < 1.29 is 29.1 Å². The minimum atomic E-state index is -0.708. The highest BCUT2D eigenvalue weighted by molar-refractivity contribution is 6.13. The van der Waals surface area contributed by atoms with Crippen LogP contribution in [0.1, 0.15) is 24.7 Å². The number of para-hydroxylation sites is 4. The number of rotatable bonds is 6. The highest BCUT2D eigenvalue weighted by Crippen LogP contribution is 2.41. The first-order valence-electron chi connectivity index (χ1n) is 26.6. The van der Waals surface area contributed by atoms with E-state index < -0.39 is 108 Å². The largest absolute Gasteiger partial charge is 0.455 e. The molecule has 0 N–H and O–H groups in total. The van der Waals surface area contributed by atoms with Crippen LogP contribution in [0.2, 0.25) is 0 Å². The maximum atomic E-state index is 9.45. The highest BCUT2D eigenvalue weighted by atomic mass is 16.3. The SMILES string of the molecule is [2H]c1c([2H])c([2H])c(-c2cc(-c3c([2H])c([2H])c([2H])c([2H])c3[2H])nc(-c3c([2H])c([2H])c(-c4ccc5c(c4)c4ccccc4n5-c4c([2H])c([2H])c([2H])c([2H])c4-c4cccc5c4oc4ccccc45)c([2H])c3[2H])c2)c([2H])c1[2H]. The Hall–Kier alpha value is -7.49. The van der Waals surface area contributed by atoms with Crippen molar-refractivity contribution in [1.29, 1.82) is 0 Å². The number of pyridine rings is 1. The van der Waals surface area contributed by atoms with Gasteiger partial charge in [0, 0.05) is 43.8 Å². The van der Waals surface area contributed by atoms with E-state index in [2.05, 4.69) is 4.98 Å². The molecule has 0 atom stereocenters. The first kappa shape index (κ1) is 18.7. The van der Waals surface area contributed by atoms with E-state index in [9.17, 15) is 8.22 Å². The third kappa shape index (κ3) is 5.32. The van der Waals surface area contributed by atoms with Crippen molar-refractivity contribution in [2.45, 2.75) is 0 Å². The van der Waals surface area contributed by atoms with E-state index in [0.29, 0.717) is 38.5 Å². The molecule has 3 heterocycles. The number of nitrogens with zero attached hydrogens (tertiary/aromatic N) is 2. The molecule has 0 unspecified atom stereocenters. The third-order valence-corrected chi connectivity index (χ3v) is 9.78. The van der Waals surface area contributed by atoms with E-state index in [0.717, 1.165) is 10.8 Å². The molecule has 0 aliphatic rings. The van der Waals surface area contributed by atoms with Gasteiger partial charge in [-0.3, -0.25) is 0 Å². The molecular weight excluding hydrogens is 681 g/mol. The lowest BCUT2D eigenvalue weighted by molar-refractivity contribution is 0.670. The van der Waals surface area contributed by atoms with Crippen molar-refractivity contribution in [2.75, 3.05) is 0 Å². The molecule has 0 aliphatic heterocycles. The van der Waals surface area contributed by atoms with Crippen molar-refractivity contribution >= 4 is 43.7 Å². The second-order valence-electron chi connectivity index (χ2n) is 13.0. The van der Waals surface area contributed by atoms with Gasteiger partial charge in [0.1, 0.15) is 11.2 Å². The number of hydrogen-bond acceptors (Lipinski definition) is 2. The van der Waals surface area contributed by atoms with Gasteiger partial charge < -0.3 is 8.98 Å². The van der Waals surface area contributed by atoms with Gasteiger partial charge >= 0.3 is 0 Å². The number of hydrogen-bond donors (Lipinski definition) is 0. The van der Waals surface area contributed by atoms with Gasteiger partial charge in [-0.25, -0.2) is 4.98 Å². The van der Waals surface area contributed by atoms with Gasteiger partial charge in [-0.05, 0) is 64.7 Å². The minimum Gasteiger partial charge on any atom is -0.455 e. The molecule has 11 rings (SSSR count). The topological polar surface area (TPSA) is 31.0 Å². The van der Waals surface area contributed by atoms with Gasteiger partial charge in [0.2, 0.25) is 0 Å². The molecule has 3 heteroatoms. The Morgan fingerprint density at radius 2 is 1.02 bits per heavy atom. The molecule has 0 radical (unpaired) electrons. The van der Waals surface area contributed by atoms with Crippen LogP contribution in [0.3, 0.4) is 0 Å². The fourth-order valence-electron chi connectivity index (χ4n) is 7.27. The van der Waals surface area contributed by atoms with Gasteiger partial charge in [0.05, 0.1) is 52.8 Å². The molecule has 0 saturated carbocycles. The molecule has 0 bridgehead atoms. The zero-order chi connectivity index (χ0) is 52.7. The van der Waals surface area contributed by atoms with Crippen molar-refractivity contribution in [2.24, 2.45) is 0 Å². The lowest BCUT2D eigenvalue weighted by Gasteiger charge is -2.14. The van der Waals surface area contributed by atoms with E-state index >= 15 is 0 Å². The summed E-state index contributed by atoms with van der Waals surface area (Å²) in [5, 5.41) is 2.75. The second kappa shape index (κ2) is 13.1. The average molecular weight is 733 g/mol. The quantitative estimate of drug-likeness (QED) is 0.170. The number of fused-ring (bicyclic) bond motifs is 6. The maximum Gasteiger partial charge on any atom is 0.143 e. The smallest absolute Gasteiger partial charge is 0.143 e. The fraction of sp³-hybridized carbons (Fsp3) is 0. The van der Waals surface area contributed by atoms with Crippen molar-refractivity contribution in [1.82, 2.24) is 9.55 Å². The molecule has 262 valence electrons. The number of benzene rings is 8. The van der Waals surface area contributed by atoms with Gasteiger partial charge in [-0.15, -0.1) is 0 Å². The van der Waals surface area contributed by atoms with Crippen LogP contribution in [-0.4, -0.2) is 9.55 Å². The first-order valence-corrected chi connectivity index (χ1v) is 17.6. The monoisotopic (exact) mass is 732 g/mol. The summed E-state index contributed by atoms with van der Waals surface area (Å²) in [7, 11) is 0. The summed E-state index contributed by atoms with van der Waals surface area (Å²) in [6.07, 6.45) is 0. The Balaban J connectivity index is 1.14. The Morgan fingerprint density at radius 3 is 1.82 bits per heavy atom. The summed E-state index contributed by atoms with van der Waals surface area (Å²) in [5.41, 5.74) is 0.970. The molecule has 0 fully saturated rings. The lowest BCUT2D eigenvalue weighted by Crippen LogP contribution is -1.97. The van der Waals surface area contributed by atoms with Gasteiger partial charge in [0.25, 0.3) is 0 Å². The van der Waals surface area contributed by atoms with Crippen molar-refractivity contribution in [3.63, 3.8) is 0 Å². The van der Waals surface area contributed by atoms with Crippen LogP contribution >= 0.6 is 0 Å². The van der Waals surface area contributed by atoms with Crippen LogP contribution in [-0.2, 0) is 0 Å². The van der Waals surface area contributed by atoms with Crippen LogP contribution < -0.4 is 0 Å². The van der Waals surface area contributed by atoms with E-state index in [4.69, 9.17) is 20.9 Å². The first-order chi connectivity index (χ1) is 35.2. The van der Waals surface area contributed by atoms with Crippen molar-refractivity contribution in [3.8, 4) is 61.6 Å². The summed E-state index contributed by atoms with van der Waals surface area (Å²) in [6.45, 7) is 0. The Bertz CT molecular complexity index is 4140. The summed E-state index contributed by atoms with van der Waals surface area (Å²) < 4.78 is 167. The summed E-state index contributed by atoms with van der Waals surface area (Å²) in [6, 6.07) is 16.8. The lowest BCUT2D eigenvalue weighted by atomic mass is 9.98. The Morgan fingerprint density at radius 1 is 0.411 bits per heavy atom. The standard InChI is InChI=1S/C53H34N2O/c1-3-14-35(15-4-1)40-33-47(37-16-5-2-6-17-37)54-48(34-40)38-28-26-36(27-29-38)39-30-31-51-46(32-39)42-19-8-11-24-50(42)55(51)49-23-10-7-18-41(49)44-21-13-22-45-43-20-9-12-25-52(43)56-53(44)45/h1-34H/i1D,2D,3D,4D,5D,6D,7D,10D,14D,15D,16D,17D,18D,23D,26D,27D,28D,29D. The van der Waals surface area contributed by atoms with Crippen LogP contribution in [0.5, 0.6) is 0 Å². The zero-order valence-corrected chi connectivity index (χ0v) is 29.0. The molecule has 0 amide bonds. The highest BCUT2D eigenvalue weighted by Gasteiger charge is 2.19. The zero-order valence-electron chi connectivity index (χ0n) is 47.0. The molecular formula is C53H34N2O. The van der Waals surface area contributed by atoms with Crippen LogP contribution in [0.15, 0.2) is 210 Å². The van der Waals surface area contributed by atoms with E-state index in [1.54, 1.807) is 53.1 Å². The molecule has 0 aliphatic carbocycles. The molecule has 3 nitrogen and oxygen atoms in total. The van der Waals surface area contributed by atoms with Gasteiger partial charge in [0.15, 0.2) is 0 Å². The maximum absolute atomic E-state index is 9.45. The predicted molar refractivity (Wildman–Crippen MR) is 233 cm³/mol. The molecule has 56 heavy (non-hydrogen) atoms. The van der Waals surface area contributed by atoms with Gasteiger partial charge in [-0.2, -0.15) is 0 Å². The molecule has 11 aromatic rings. The van der Waals surface area contributed by atoms with Crippen LogP contribution in [0.25, 0.3) is 105 Å². The molecule has 0 saturated heterocycles. The average Bonchev–Trinajstić information content (AvgIpc) is 3.95. The normalized spacial score (nSPS) is 16.1. The number of aromatic nitrogens is 2. The van der Waals surface area contributed by atoms with E-state index in [-0.39, 0.29) is 57.0 Å². The summed E-state index contributed by atoms with van der Waals surface area (Å²) in [4.78, 5) is 4.56. The van der Waals surface area contributed by atoms with Crippen molar-refractivity contribution in [3.05, 3.63) is 206 Å². The van der Waals surface area contributed by atoms with Gasteiger partial charge in [-0.1, -0.05) is 163 Å². The fourth-order valence-corrected chi connectivity index (χ4v) is 7.27. The molecule has 8 aromatic carbocycles. The predicted octanol–water partition coefficient (Wildman–Crippen LogP) is 14.4.